The molecule has 1 aromatic heterocycles. The number of para-hydroxylation sites is 3. The maximum atomic E-state index is 13.0. The third-order valence-electron chi connectivity index (χ3n) is 6.48. The van der Waals surface area contributed by atoms with Gasteiger partial charge in [-0.25, -0.2) is 4.98 Å². The van der Waals surface area contributed by atoms with Gasteiger partial charge in [0.25, 0.3) is 0 Å². The maximum Gasteiger partial charge on any atom is 0.227 e. The van der Waals surface area contributed by atoms with Gasteiger partial charge in [0.1, 0.15) is 30.0 Å². The summed E-state index contributed by atoms with van der Waals surface area (Å²) in [5, 5.41) is 10.9. The fourth-order valence-corrected chi connectivity index (χ4v) is 4.71. The fourth-order valence-electron chi connectivity index (χ4n) is 4.71. The molecule has 0 spiro atoms. The molecule has 3 aromatic carbocycles. The highest BCUT2D eigenvalue weighted by molar-refractivity contribution is 5.97. The van der Waals surface area contributed by atoms with Crippen molar-refractivity contribution in [3.05, 3.63) is 84.2 Å². The molecule has 1 saturated heterocycles. The lowest BCUT2D eigenvalue weighted by Gasteiger charge is -2.20. The second-order valence-electron chi connectivity index (χ2n) is 8.90. The van der Waals surface area contributed by atoms with Gasteiger partial charge < -0.3 is 24.0 Å². The maximum absolute atomic E-state index is 13.0. The number of amides is 1. The van der Waals surface area contributed by atoms with E-state index in [9.17, 15) is 9.90 Å². The smallest absolute Gasteiger partial charge is 0.227 e. The SMILES string of the molecule is COc1ccc(OC[C@H](O)Cn2c([C@H]3CC(=O)N(c4ccccc4C)C3)nc3ccccc32)cc1. The number of aromatic nitrogens is 2. The van der Waals surface area contributed by atoms with Gasteiger partial charge in [-0.2, -0.15) is 0 Å². The summed E-state index contributed by atoms with van der Waals surface area (Å²) in [6.45, 7) is 3.04. The number of hydrogen-bond donors (Lipinski definition) is 1. The Morgan fingerprint density at radius 2 is 1.74 bits per heavy atom. The summed E-state index contributed by atoms with van der Waals surface area (Å²) < 4.78 is 13.0. The van der Waals surface area contributed by atoms with Crippen LogP contribution in [0.25, 0.3) is 11.0 Å². The molecule has 0 bridgehead atoms. The van der Waals surface area contributed by atoms with Crippen molar-refractivity contribution in [3.8, 4) is 11.5 Å². The third kappa shape index (κ3) is 4.72. The number of anilines is 1. The molecule has 1 aliphatic rings. The zero-order valence-electron chi connectivity index (χ0n) is 19.9. The molecule has 1 aliphatic heterocycles. The van der Waals surface area contributed by atoms with Crippen LogP contribution in [-0.4, -0.2) is 46.9 Å². The number of methoxy groups -OCH3 is 1. The van der Waals surface area contributed by atoms with Crippen molar-refractivity contribution < 1.29 is 19.4 Å². The average Bonchev–Trinajstić information content (AvgIpc) is 3.44. The zero-order chi connectivity index (χ0) is 24.4. The van der Waals surface area contributed by atoms with Crippen molar-refractivity contribution in [1.82, 2.24) is 9.55 Å². The second kappa shape index (κ2) is 9.80. The molecule has 1 amide bonds. The number of imidazole rings is 1. The lowest BCUT2D eigenvalue weighted by Crippen LogP contribution is -2.27. The molecule has 35 heavy (non-hydrogen) atoms. The Kier molecular flexibility index (Phi) is 6.42. The molecule has 1 fully saturated rings. The van der Waals surface area contributed by atoms with Gasteiger partial charge in [-0.15, -0.1) is 0 Å². The number of carbonyl (C=O) groups is 1. The summed E-state index contributed by atoms with van der Waals surface area (Å²) >= 11 is 0. The van der Waals surface area contributed by atoms with E-state index in [2.05, 4.69) is 0 Å². The lowest BCUT2D eigenvalue weighted by atomic mass is 10.1. The van der Waals surface area contributed by atoms with E-state index in [1.165, 1.54) is 0 Å². The minimum atomic E-state index is -0.752. The van der Waals surface area contributed by atoms with E-state index in [0.29, 0.717) is 25.3 Å². The number of hydrogen-bond acceptors (Lipinski definition) is 5. The fraction of sp³-hybridized carbons (Fsp3) is 0.286. The van der Waals surface area contributed by atoms with Crippen molar-refractivity contribution in [1.29, 1.82) is 0 Å². The second-order valence-corrected chi connectivity index (χ2v) is 8.90. The van der Waals surface area contributed by atoms with E-state index in [1.54, 1.807) is 7.11 Å². The molecule has 0 saturated carbocycles. The Bertz CT molecular complexity index is 1330. The van der Waals surface area contributed by atoms with Gasteiger partial charge in [0.2, 0.25) is 5.91 Å². The molecule has 7 heteroatoms. The van der Waals surface area contributed by atoms with Gasteiger partial charge in [0.05, 0.1) is 24.7 Å². The van der Waals surface area contributed by atoms with Gasteiger partial charge in [0.15, 0.2) is 0 Å². The number of ether oxygens (including phenoxy) is 2. The van der Waals surface area contributed by atoms with Gasteiger partial charge in [0, 0.05) is 24.6 Å². The third-order valence-corrected chi connectivity index (χ3v) is 6.48. The van der Waals surface area contributed by atoms with Gasteiger partial charge >= 0.3 is 0 Å². The molecule has 2 heterocycles. The number of aryl methyl sites for hydroxylation is 1. The first kappa shape index (κ1) is 22.9. The largest absolute Gasteiger partial charge is 0.497 e. The highest BCUT2D eigenvalue weighted by atomic mass is 16.5. The Morgan fingerprint density at radius 3 is 2.51 bits per heavy atom. The first-order valence-corrected chi connectivity index (χ1v) is 11.8. The van der Waals surface area contributed by atoms with Crippen LogP contribution < -0.4 is 14.4 Å². The molecular formula is C28H29N3O4. The van der Waals surface area contributed by atoms with Crippen LogP contribution in [0.3, 0.4) is 0 Å². The normalized spacial score (nSPS) is 16.6. The summed E-state index contributed by atoms with van der Waals surface area (Å²) in [7, 11) is 1.62. The molecule has 4 aromatic rings. The van der Waals surface area contributed by atoms with E-state index in [1.807, 2.05) is 89.2 Å². The van der Waals surface area contributed by atoms with Crippen LogP contribution in [0, 0.1) is 6.92 Å². The minimum Gasteiger partial charge on any atom is -0.497 e. The lowest BCUT2D eigenvalue weighted by molar-refractivity contribution is -0.117. The molecule has 0 aliphatic carbocycles. The summed E-state index contributed by atoms with van der Waals surface area (Å²) in [6, 6.07) is 23.1. The highest BCUT2D eigenvalue weighted by Gasteiger charge is 2.35. The minimum absolute atomic E-state index is 0.0655. The first-order chi connectivity index (χ1) is 17.0. The van der Waals surface area contributed by atoms with Crippen LogP contribution >= 0.6 is 0 Å². The van der Waals surface area contributed by atoms with Crippen molar-refractivity contribution >= 4 is 22.6 Å². The molecule has 7 nitrogen and oxygen atoms in total. The molecule has 180 valence electrons. The monoisotopic (exact) mass is 471 g/mol. The number of aliphatic hydroxyl groups is 1. The molecule has 2 atom stereocenters. The van der Waals surface area contributed by atoms with Crippen LogP contribution in [0.4, 0.5) is 5.69 Å². The van der Waals surface area contributed by atoms with Gasteiger partial charge in [-0.05, 0) is 55.0 Å². The van der Waals surface area contributed by atoms with E-state index in [4.69, 9.17) is 14.5 Å². The van der Waals surface area contributed by atoms with Crippen molar-refractivity contribution in [3.63, 3.8) is 0 Å². The van der Waals surface area contributed by atoms with Crippen molar-refractivity contribution in [2.24, 2.45) is 0 Å². The summed E-state index contributed by atoms with van der Waals surface area (Å²) in [5.74, 6) is 2.25. The number of benzene rings is 3. The van der Waals surface area contributed by atoms with E-state index in [-0.39, 0.29) is 18.4 Å². The van der Waals surface area contributed by atoms with Gasteiger partial charge in [-0.3, -0.25) is 4.79 Å². The molecule has 0 radical (unpaired) electrons. The molecular weight excluding hydrogens is 442 g/mol. The average molecular weight is 472 g/mol. The number of rotatable bonds is 8. The van der Waals surface area contributed by atoms with E-state index < -0.39 is 6.10 Å². The number of aliphatic hydroxyl groups excluding tert-OH is 1. The Balaban J connectivity index is 1.36. The summed E-state index contributed by atoms with van der Waals surface area (Å²) in [5.41, 5.74) is 3.80. The molecule has 0 unspecified atom stereocenters. The predicted octanol–water partition coefficient (Wildman–Crippen LogP) is 4.31. The zero-order valence-corrected chi connectivity index (χ0v) is 19.9. The van der Waals surface area contributed by atoms with Crippen LogP contribution in [0.2, 0.25) is 0 Å². The van der Waals surface area contributed by atoms with Crippen LogP contribution in [0.15, 0.2) is 72.8 Å². The molecule has 1 N–H and O–H groups in total. The van der Waals surface area contributed by atoms with E-state index >= 15 is 0 Å². The number of carbonyl (C=O) groups excluding carboxylic acids is 1. The number of nitrogens with zero attached hydrogens (tertiary/aromatic N) is 3. The first-order valence-electron chi connectivity index (χ1n) is 11.8. The standard InChI is InChI=1S/C28H29N3O4/c1-19-7-3-5-9-25(19)30-16-20(15-27(30)33)28-29-24-8-4-6-10-26(24)31(28)17-21(32)18-35-23-13-11-22(34-2)12-14-23/h3-14,20-21,32H,15-18H2,1-2H3/t20-,21+/m0/s1. The molecule has 5 rings (SSSR count). The Labute approximate surface area is 204 Å². The van der Waals surface area contributed by atoms with Gasteiger partial charge in [-0.1, -0.05) is 30.3 Å². The number of fused-ring (bicyclic) bond motifs is 1. The van der Waals surface area contributed by atoms with Crippen LogP contribution in [0.1, 0.15) is 23.7 Å². The Morgan fingerprint density at radius 1 is 1.03 bits per heavy atom. The van der Waals surface area contributed by atoms with Crippen molar-refractivity contribution in [2.45, 2.75) is 31.9 Å². The Hall–Kier alpha value is -3.84. The predicted molar refractivity (Wildman–Crippen MR) is 135 cm³/mol. The topological polar surface area (TPSA) is 76.8 Å². The van der Waals surface area contributed by atoms with Crippen molar-refractivity contribution in [2.75, 3.05) is 25.2 Å². The summed E-state index contributed by atoms with van der Waals surface area (Å²) in [4.78, 5) is 19.7. The highest BCUT2D eigenvalue weighted by Crippen LogP contribution is 2.34. The van der Waals surface area contributed by atoms with E-state index in [0.717, 1.165) is 33.9 Å². The van der Waals surface area contributed by atoms with Crippen LogP contribution in [0.5, 0.6) is 11.5 Å². The van der Waals surface area contributed by atoms with Crippen LogP contribution in [-0.2, 0) is 11.3 Å². The quantitative estimate of drug-likeness (QED) is 0.414. The summed E-state index contributed by atoms with van der Waals surface area (Å²) in [6.07, 6.45) is -0.367.